The molecule has 1 aliphatic carbocycles. The molecule has 0 spiro atoms. The van der Waals surface area contributed by atoms with Gasteiger partial charge in [0.05, 0.1) is 6.54 Å². The Morgan fingerprint density at radius 2 is 2.14 bits per heavy atom. The summed E-state index contributed by atoms with van der Waals surface area (Å²) in [4.78, 5) is 11.1. The molecule has 1 saturated carbocycles. The molecule has 1 aliphatic rings. The van der Waals surface area contributed by atoms with Crippen LogP contribution in [0.25, 0.3) is 0 Å². The zero-order chi connectivity index (χ0) is 10.4. The lowest BCUT2D eigenvalue weighted by atomic mass is 9.84. The molecule has 0 heterocycles. The summed E-state index contributed by atoms with van der Waals surface area (Å²) >= 11 is 0. The van der Waals surface area contributed by atoms with Gasteiger partial charge in [-0.15, -0.1) is 6.58 Å². The minimum atomic E-state index is -0.0829. The summed E-state index contributed by atoms with van der Waals surface area (Å²) in [5.74, 6) is 0.484. The van der Waals surface area contributed by atoms with Crippen molar-refractivity contribution >= 4 is 5.91 Å². The normalized spacial score (nSPS) is 20.1. The van der Waals surface area contributed by atoms with Crippen molar-refractivity contribution in [1.82, 2.24) is 5.32 Å². The van der Waals surface area contributed by atoms with E-state index in [9.17, 15) is 4.79 Å². The van der Waals surface area contributed by atoms with E-state index in [0.29, 0.717) is 5.92 Å². The van der Waals surface area contributed by atoms with Crippen LogP contribution in [0.1, 0.15) is 32.1 Å². The predicted molar refractivity (Wildman–Crippen MR) is 57.8 cm³/mol. The fourth-order valence-electron chi connectivity index (χ4n) is 2.11. The fraction of sp³-hybridized carbons (Fsp3) is 0.727. The van der Waals surface area contributed by atoms with E-state index < -0.39 is 0 Å². The van der Waals surface area contributed by atoms with Gasteiger partial charge in [-0.25, -0.2) is 0 Å². The molecule has 1 fully saturated rings. The number of amides is 1. The number of hydrogen-bond donors (Lipinski definition) is 2. The van der Waals surface area contributed by atoms with Gasteiger partial charge < -0.3 is 11.1 Å². The summed E-state index contributed by atoms with van der Waals surface area (Å²) in [5, 5.41) is 2.90. The van der Waals surface area contributed by atoms with Crippen LogP contribution in [-0.4, -0.2) is 18.5 Å². The molecule has 1 atom stereocenters. The third kappa shape index (κ3) is 3.14. The Morgan fingerprint density at radius 3 is 2.64 bits per heavy atom. The van der Waals surface area contributed by atoms with Crippen molar-refractivity contribution in [3.63, 3.8) is 0 Å². The maximum absolute atomic E-state index is 11.1. The maximum Gasteiger partial charge on any atom is 0.234 e. The molecule has 1 amide bonds. The topological polar surface area (TPSA) is 55.1 Å². The number of rotatable bonds is 4. The second-order valence-electron chi connectivity index (χ2n) is 3.93. The van der Waals surface area contributed by atoms with Gasteiger partial charge >= 0.3 is 0 Å². The lowest BCUT2D eigenvalue weighted by Crippen LogP contribution is -2.42. The average molecular weight is 196 g/mol. The molecule has 0 aromatic heterocycles. The van der Waals surface area contributed by atoms with Gasteiger partial charge in [0.1, 0.15) is 0 Å². The highest BCUT2D eigenvalue weighted by atomic mass is 16.1. The second kappa shape index (κ2) is 5.81. The summed E-state index contributed by atoms with van der Waals surface area (Å²) < 4.78 is 0. The van der Waals surface area contributed by atoms with Gasteiger partial charge in [-0.2, -0.15) is 0 Å². The molecule has 3 N–H and O–H groups in total. The summed E-state index contributed by atoms with van der Waals surface area (Å²) in [6, 6.07) is 0.117. The van der Waals surface area contributed by atoms with Crippen molar-refractivity contribution in [1.29, 1.82) is 0 Å². The van der Waals surface area contributed by atoms with E-state index in [1.807, 2.05) is 6.08 Å². The van der Waals surface area contributed by atoms with Crippen LogP contribution in [0.2, 0.25) is 0 Å². The van der Waals surface area contributed by atoms with Gasteiger partial charge in [-0.05, 0) is 18.8 Å². The molecule has 14 heavy (non-hydrogen) atoms. The quantitative estimate of drug-likeness (QED) is 0.664. The molecule has 0 saturated heterocycles. The molecular weight excluding hydrogens is 176 g/mol. The van der Waals surface area contributed by atoms with Crippen LogP contribution in [0.5, 0.6) is 0 Å². The zero-order valence-electron chi connectivity index (χ0n) is 8.67. The average Bonchev–Trinajstić information content (AvgIpc) is 2.26. The minimum absolute atomic E-state index is 0.0665. The highest BCUT2D eigenvalue weighted by Crippen LogP contribution is 2.26. The molecule has 3 nitrogen and oxygen atoms in total. The summed E-state index contributed by atoms with van der Waals surface area (Å²) in [7, 11) is 0. The highest BCUT2D eigenvalue weighted by Gasteiger charge is 2.21. The minimum Gasteiger partial charge on any atom is -0.349 e. The Labute approximate surface area is 85.7 Å². The molecule has 0 aliphatic heterocycles. The van der Waals surface area contributed by atoms with Gasteiger partial charge in [-0.3, -0.25) is 4.79 Å². The van der Waals surface area contributed by atoms with Crippen LogP contribution < -0.4 is 11.1 Å². The van der Waals surface area contributed by atoms with E-state index in [0.717, 1.165) is 0 Å². The van der Waals surface area contributed by atoms with E-state index >= 15 is 0 Å². The number of carbonyl (C=O) groups is 1. The molecule has 1 unspecified atom stereocenters. The van der Waals surface area contributed by atoms with Crippen LogP contribution in [-0.2, 0) is 4.79 Å². The Kier molecular flexibility index (Phi) is 4.66. The Morgan fingerprint density at radius 1 is 1.50 bits per heavy atom. The third-order valence-corrected chi connectivity index (χ3v) is 2.92. The van der Waals surface area contributed by atoms with Crippen LogP contribution in [0.15, 0.2) is 12.7 Å². The second-order valence-corrected chi connectivity index (χ2v) is 3.93. The summed E-state index contributed by atoms with van der Waals surface area (Å²) in [6.07, 6.45) is 8.10. The van der Waals surface area contributed by atoms with Crippen LogP contribution in [0, 0.1) is 5.92 Å². The molecular formula is C11H20N2O. The lowest BCUT2D eigenvalue weighted by Gasteiger charge is -2.28. The molecule has 80 valence electrons. The van der Waals surface area contributed by atoms with Gasteiger partial charge in [0.15, 0.2) is 0 Å². The van der Waals surface area contributed by atoms with E-state index in [2.05, 4.69) is 11.9 Å². The first-order valence-electron chi connectivity index (χ1n) is 5.40. The van der Waals surface area contributed by atoms with Crippen molar-refractivity contribution in [3.05, 3.63) is 12.7 Å². The van der Waals surface area contributed by atoms with Crippen molar-refractivity contribution in [3.8, 4) is 0 Å². The molecule has 3 heteroatoms. The first-order chi connectivity index (χ1) is 6.77. The third-order valence-electron chi connectivity index (χ3n) is 2.92. The van der Waals surface area contributed by atoms with Crippen molar-refractivity contribution < 1.29 is 4.79 Å². The monoisotopic (exact) mass is 196 g/mol. The van der Waals surface area contributed by atoms with Crippen LogP contribution in [0.4, 0.5) is 0 Å². The van der Waals surface area contributed by atoms with Gasteiger partial charge in [0.25, 0.3) is 0 Å². The van der Waals surface area contributed by atoms with Gasteiger partial charge in [0, 0.05) is 6.04 Å². The number of nitrogens with one attached hydrogen (secondary N) is 1. The fourth-order valence-corrected chi connectivity index (χ4v) is 2.11. The van der Waals surface area contributed by atoms with Gasteiger partial charge in [-0.1, -0.05) is 25.3 Å². The first kappa shape index (κ1) is 11.2. The standard InChI is InChI=1S/C11H20N2O/c1-2-10(13-11(14)8-12)9-6-4-3-5-7-9/h2,9-10H,1,3-8,12H2,(H,13,14). The predicted octanol–water partition coefficient (Wildman–Crippen LogP) is 1.20. The van der Waals surface area contributed by atoms with Gasteiger partial charge in [0.2, 0.25) is 5.91 Å². The lowest BCUT2D eigenvalue weighted by molar-refractivity contribution is -0.120. The zero-order valence-corrected chi connectivity index (χ0v) is 8.67. The Hall–Kier alpha value is -0.830. The molecule has 0 aromatic rings. The Balaban J connectivity index is 2.43. The Bertz CT molecular complexity index is 197. The van der Waals surface area contributed by atoms with Crippen molar-refractivity contribution in [2.75, 3.05) is 6.54 Å². The largest absolute Gasteiger partial charge is 0.349 e. The van der Waals surface area contributed by atoms with Crippen LogP contribution >= 0.6 is 0 Å². The van der Waals surface area contributed by atoms with Crippen molar-refractivity contribution in [2.45, 2.75) is 38.1 Å². The SMILES string of the molecule is C=CC(NC(=O)CN)C1CCCCC1. The van der Waals surface area contributed by atoms with E-state index in [-0.39, 0.29) is 18.5 Å². The summed E-state index contributed by atoms with van der Waals surface area (Å²) in [5.41, 5.74) is 5.26. The molecule has 0 bridgehead atoms. The maximum atomic E-state index is 11.1. The first-order valence-corrected chi connectivity index (χ1v) is 5.40. The van der Waals surface area contributed by atoms with Crippen molar-refractivity contribution in [2.24, 2.45) is 11.7 Å². The molecule has 0 aromatic carbocycles. The number of nitrogens with two attached hydrogens (primary N) is 1. The van der Waals surface area contributed by atoms with E-state index in [4.69, 9.17) is 5.73 Å². The van der Waals surface area contributed by atoms with E-state index in [1.165, 1.54) is 32.1 Å². The van der Waals surface area contributed by atoms with E-state index in [1.54, 1.807) is 0 Å². The van der Waals surface area contributed by atoms with Crippen LogP contribution in [0.3, 0.4) is 0 Å². The smallest absolute Gasteiger partial charge is 0.234 e. The summed E-state index contributed by atoms with van der Waals surface area (Å²) in [6.45, 7) is 3.83. The highest BCUT2D eigenvalue weighted by molar-refractivity contribution is 5.78. The number of carbonyl (C=O) groups excluding carboxylic acids is 1. The molecule has 0 radical (unpaired) electrons. The number of hydrogen-bond acceptors (Lipinski definition) is 2. The molecule has 1 rings (SSSR count).